The second kappa shape index (κ2) is 8.39. The molecular weight excluding hydrogens is 394 g/mol. The number of aromatic nitrogens is 3. The third-order valence-electron chi connectivity index (χ3n) is 5.15. The van der Waals surface area contributed by atoms with Crippen molar-refractivity contribution in [2.24, 2.45) is 0 Å². The average molecular weight is 415 g/mol. The largest absolute Gasteiger partial charge is 0.456 e. The van der Waals surface area contributed by atoms with E-state index in [1.165, 1.54) is 10.8 Å². The summed E-state index contributed by atoms with van der Waals surface area (Å²) in [4.78, 5) is 41.3. The van der Waals surface area contributed by atoms with Crippen LogP contribution in [0.15, 0.2) is 71.7 Å². The molecule has 0 unspecified atom stereocenters. The van der Waals surface area contributed by atoms with Crippen LogP contribution in [0.2, 0.25) is 0 Å². The molecule has 0 saturated heterocycles. The van der Waals surface area contributed by atoms with E-state index in [9.17, 15) is 14.4 Å². The van der Waals surface area contributed by atoms with E-state index in [0.717, 1.165) is 17.1 Å². The van der Waals surface area contributed by atoms with Crippen LogP contribution in [0.25, 0.3) is 16.7 Å². The van der Waals surface area contributed by atoms with Crippen LogP contribution in [-0.4, -0.2) is 32.5 Å². The highest BCUT2D eigenvalue weighted by molar-refractivity contribution is 5.99. The van der Waals surface area contributed by atoms with E-state index < -0.39 is 18.1 Å². The van der Waals surface area contributed by atoms with Crippen LogP contribution >= 0.6 is 0 Å². The van der Waals surface area contributed by atoms with Gasteiger partial charge in [-0.15, -0.1) is 0 Å². The average Bonchev–Trinajstić information content (AvgIpc) is 3.08. The van der Waals surface area contributed by atoms with Crippen LogP contribution in [-0.2, 0) is 16.1 Å². The first-order valence-corrected chi connectivity index (χ1v) is 9.83. The summed E-state index contributed by atoms with van der Waals surface area (Å²) >= 11 is 0. The van der Waals surface area contributed by atoms with E-state index in [-0.39, 0.29) is 12.3 Å². The van der Waals surface area contributed by atoms with Gasteiger partial charge in [-0.1, -0.05) is 30.3 Å². The number of Topliss-reactive ketones (excluding diaryl/α,β-unsaturated/α-hetero) is 1. The van der Waals surface area contributed by atoms with Crippen molar-refractivity contribution in [3.8, 4) is 5.69 Å². The van der Waals surface area contributed by atoms with Crippen molar-refractivity contribution in [2.75, 3.05) is 6.61 Å². The predicted octanol–water partition coefficient (Wildman–Crippen LogP) is 3.23. The third kappa shape index (κ3) is 4.02. The molecule has 7 heteroatoms. The number of ether oxygens (including phenoxy) is 1. The molecule has 0 aliphatic rings. The predicted molar refractivity (Wildman–Crippen MR) is 117 cm³/mol. The first-order valence-electron chi connectivity index (χ1n) is 9.83. The Bertz CT molecular complexity index is 1340. The van der Waals surface area contributed by atoms with E-state index in [1.54, 1.807) is 30.3 Å². The van der Waals surface area contributed by atoms with Gasteiger partial charge in [0.1, 0.15) is 6.54 Å². The van der Waals surface area contributed by atoms with Gasteiger partial charge in [0.05, 0.1) is 17.2 Å². The summed E-state index contributed by atoms with van der Waals surface area (Å²) in [7, 11) is 0. The molecule has 4 rings (SSSR count). The van der Waals surface area contributed by atoms with Gasteiger partial charge in [0, 0.05) is 22.6 Å². The molecule has 156 valence electrons. The molecule has 2 heterocycles. The zero-order chi connectivity index (χ0) is 22.0. The number of fused-ring (bicyclic) bond motifs is 1. The van der Waals surface area contributed by atoms with Gasteiger partial charge >= 0.3 is 5.97 Å². The van der Waals surface area contributed by atoms with Gasteiger partial charge < -0.3 is 9.30 Å². The van der Waals surface area contributed by atoms with Gasteiger partial charge in [-0.3, -0.25) is 19.0 Å². The molecule has 2 aromatic heterocycles. The molecule has 2 aromatic carbocycles. The minimum Gasteiger partial charge on any atom is -0.456 e. The molecule has 0 fully saturated rings. The third-order valence-corrected chi connectivity index (χ3v) is 5.15. The van der Waals surface area contributed by atoms with Crippen LogP contribution in [0.4, 0.5) is 0 Å². The molecule has 0 saturated carbocycles. The number of aryl methyl sites for hydroxylation is 1. The molecule has 31 heavy (non-hydrogen) atoms. The Kier molecular flexibility index (Phi) is 5.49. The molecule has 0 N–H and O–H groups in total. The quantitative estimate of drug-likeness (QED) is 0.357. The number of benzene rings is 2. The Labute approximate surface area is 178 Å². The summed E-state index contributed by atoms with van der Waals surface area (Å²) in [5, 5.41) is 0. The van der Waals surface area contributed by atoms with Crippen molar-refractivity contribution in [1.29, 1.82) is 0 Å². The van der Waals surface area contributed by atoms with Crippen molar-refractivity contribution < 1.29 is 14.3 Å². The molecule has 0 bridgehead atoms. The summed E-state index contributed by atoms with van der Waals surface area (Å²) in [6, 6.07) is 18.5. The minimum atomic E-state index is -0.663. The molecule has 0 aliphatic carbocycles. The maximum Gasteiger partial charge on any atom is 0.326 e. The number of rotatable bonds is 6. The van der Waals surface area contributed by atoms with Crippen molar-refractivity contribution >= 4 is 22.8 Å². The highest BCUT2D eigenvalue weighted by Crippen LogP contribution is 2.21. The first-order chi connectivity index (χ1) is 15.0. The lowest BCUT2D eigenvalue weighted by atomic mass is 10.1. The highest BCUT2D eigenvalue weighted by Gasteiger charge is 2.18. The zero-order valence-corrected chi connectivity index (χ0v) is 17.2. The molecule has 0 radical (unpaired) electrons. The lowest BCUT2D eigenvalue weighted by Gasteiger charge is -2.10. The number of nitrogens with zero attached hydrogens (tertiary/aromatic N) is 3. The SMILES string of the molecule is Cc1cc(C(=O)COC(=O)Cn2c(=O)cnc3ccccc32)c(C)n1-c1ccccc1. The summed E-state index contributed by atoms with van der Waals surface area (Å²) in [5.74, 6) is -0.959. The lowest BCUT2D eigenvalue weighted by Crippen LogP contribution is -2.27. The van der Waals surface area contributed by atoms with Gasteiger partial charge in [0.15, 0.2) is 6.61 Å². The van der Waals surface area contributed by atoms with Crippen LogP contribution in [0.3, 0.4) is 0 Å². The van der Waals surface area contributed by atoms with Crippen LogP contribution in [0.5, 0.6) is 0 Å². The fourth-order valence-electron chi connectivity index (χ4n) is 3.70. The van der Waals surface area contributed by atoms with E-state index in [0.29, 0.717) is 16.6 Å². The van der Waals surface area contributed by atoms with E-state index >= 15 is 0 Å². The summed E-state index contributed by atoms with van der Waals surface area (Å²) in [5.41, 5.74) is 3.87. The lowest BCUT2D eigenvalue weighted by molar-refractivity contribution is -0.143. The summed E-state index contributed by atoms with van der Waals surface area (Å²) in [6.45, 7) is 3.09. The van der Waals surface area contributed by atoms with Crippen LogP contribution < -0.4 is 5.56 Å². The number of carbonyl (C=O) groups excluding carboxylic acids is 2. The van der Waals surface area contributed by atoms with Crippen LogP contribution in [0.1, 0.15) is 21.7 Å². The standard InChI is InChI=1S/C24H21N3O4/c1-16-12-19(17(2)27(16)18-8-4-3-5-9-18)22(28)15-31-24(30)14-26-21-11-7-6-10-20(21)25-13-23(26)29/h3-13H,14-15H2,1-2H3. The second-order valence-electron chi connectivity index (χ2n) is 7.21. The van der Waals surface area contributed by atoms with Gasteiger partial charge in [-0.25, -0.2) is 4.98 Å². The van der Waals surface area contributed by atoms with Gasteiger partial charge in [-0.2, -0.15) is 0 Å². The van der Waals surface area contributed by atoms with Crippen molar-refractivity contribution in [1.82, 2.24) is 14.1 Å². The van der Waals surface area contributed by atoms with Gasteiger partial charge in [0.2, 0.25) is 5.78 Å². The van der Waals surface area contributed by atoms with Crippen LogP contribution in [0, 0.1) is 13.8 Å². The summed E-state index contributed by atoms with van der Waals surface area (Å²) in [6.07, 6.45) is 1.17. The van der Waals surface area contributed by atoms with E-state index in [2.05, 4.69) is 4.98 Å². The minimum absolute atomic E-state index is 0.293. The molecule has 0 spiro atoms. The number of carbonyl (C=O) groups is 2. The molecule has 0 atom stereocenters. The first kappa shape index (κ1) is 20.3. The van der Waals surface area contributed by atoms with Gasteiger partial charge in [0.25, 0.3) is 5.56 Å². The number of para-hydroxylation sites is 3. The van der Waals surface area contributed by atoms with E-state index in [1.807, 2.05) is 48.7 Å². The molecule has 0 aliphatic heterocycles. The molecule has 0 amide bonds. The summed E-state index contributed by atoms with van der Waals surface area (Å²) < 4.78 is 8.47. The fourth-order valence-corrected chi connectivity index (χ4v) is 3.70. The van der Waals surface area contributed by atoms with Crippen molar-refractivity contribution in [3.05, 3.63) is 94.2 Å². The fraction of sp³-hybridized carbons (Fsp3) is 0.167. The molecule has 4 aromatic rings. The smallest absolute Gasteiger partial charge is 0.326 e. The van der Waals surface area contributed by atoms with E-state index in [4.69, 9.17) is 4.74 Å². The number of hydrogen-bond acceptors (Lipinski definition) is 5. The monoisotopic (exact) mass is 415 g/mol. The topological polar surface area (TPSA) is 83.2 Å². The Morgan fingerprint density at radius 2 is 1.71 bits per heavy atom. The number of esters is 1. The molecular formula is C24H21N3O4. The Hall–Kier alpha value is -4.00. The normalized spacial score (nSPS) is 10.9. The Morgan fingerprint density at radius 1 is 1.00 bits per heavy atom. The van der Waals surface area contributed by atoms with Gasteiger partial charge in [-0.05, 0) is 44.2 Å². The zero-order valence-electron chi connectivity index (χ0n) is 17.2. The van der Waals surface area contributed by atoms with Crippen molar-refractivity contribution in [3.63, 3.8) is 0 Å². The maximum atomic E-state index is 12.7. The van der Waals surface area contributed by atoms with Crippen molar-refractivity contribution in [2.45, 2.75) is 20.4 Å². The molecule has 7 nitrogen and oxygen atoms in total. The Morgan fingerprint density at radius 3 is 2.48 bits per heavy atom. The second-order valence-corrected chi connectivity index (χ2v) is 7.21. The number of hydrogen-bond donors (Lipinski definition) is 0. The highest BCUT2D eigenvalue weighted by atomic mass is 16.5. The number of ketones is 1. The maximum absolute atomic E-state index is 12.7. The Balaban J connectivity index is 1.48.